The van der Waals surface area contributed by atoms with Crippen molar-refractivity contribution in [2.24, 2.45) is 5.92 Å². The van der Waals surface area contributed by atoms with E-state index in [9.17, 15) is 4.79 Å². The minimum atomic E-state index is 0.0420. The van der Waals surface area contributed by atoms with Gasteiger partial charge < -0.3 is 5.32 Å². The molecule has 18 heavy (non-hydrogen) atoms. The molecule has 0 fully saturated rings. The van der Waals surface area contributed by atoms with E-state index in [0.29, 0.717) is 17.4 Å². The van der Waals surface area contributed by atoms with Crippen LogP contribution in [0.15, 0.2) is 24.3 Å². The van der Waals surface area contributed by atoms with Crippen LogP contribution < -0.4 is 5.32 Å². The van der Waals surface area contributed by atoms with Crippen molar-refractivity contribution in [3.63, 3.8) is 0 Å². The second-order valence-electron chi connectivity index (χ2n) is 4.96. The Balaban J connectivity index is 2.04. The van der Waals surface area contributed by atoms with Gasteiger partial charge in [-0.15, -0.1) is 0 Å². The van der Waals surface area contributed by atoms with Crippen LogP contribution in [0.2, 0.25) is 5.02 Å². The fourth-order valence-corrected chi connectivity index (χ4v) is 2.74. The van der Waals surface area contributed by atoms with Crippen LogP contribution in [0.4, 0.5) is 5.69 Å². The van der Waals surface area contributed by atoms with Crippen LogP contribution in [0.25, 0.3) is 0 Å². The summed E-state index contributed by atoms with van der Waals surface area (Å²) >= 11 is 6.17. The minimum absolute atomic E-state index is 0.0420. The summed E-state index contributed by atoms with van der Waals surface area (Å²) in [5.74, 6) is 0.426. The largest absolute Gasteiger partial charge is 0.325 e. The van der Waals surface area contributed by atoms with Gasteiger partial charge in [-0.3, -0.25) is 4.79 Å². The summed E-state index contributed by atoms with van der Waals surface area (Å²) in [6, 6.07) is 3.90. The quantitative estimate of drug-likeness (QED) is 0.812. The van der Waals surface area contributed by atoms with Crippen LogP contribution in [0, 0.1) is 19.8 Å². The van der Waals surface area contributed by atoms with E-state index in [1.54, 1.807) is 0 Å². The summed E-state index contributed by atoms with van der Waals surface area (Å²) in [5, 5.41) is 3.54. The summed E-state index contributed by atoms with van der Waals surface area (Å²) in [6.45, 7) is 3.96. The molecule has 1 aromatic rings. The Hall–Kier alpha value is -1.28. The first kappa shape index (κ1) is 13.2. The van der Waals surface area contributed by atoms with Crippen LogP contribution in [0.5, 0.6) is 0 Å². The van der Waals surface area contributed by atoms with Gasteiger partial charge in [-0.1, -0.05) is 29.8 Å². The number of rotatable bonds is 3. The molecule has 1 amide bonds. The van der Waals surface area contributed by atoms with Crippen LogP contribution in [0.1, 0.15) is 30.4 Å². The standard InChI is InChI=1S/C15H18ClNO/c1-10-7-11(2)15(13(16)8-10)17-14(18)9-12-5-3-4-6-12/h3,5,7-8,12H,4,6,9H2,1-2H3,(H,17,18)/t12-/m1/s1. The first-order chi connectivity index (χ1) is 8.56. The predicted octanol–water partition coefficient (Wildman–Crippen LogP) is 4.25. The monoisotopic (exact) mass is 263 g/mol. The lowest BCUT2D eigenvalue weighted by Crippen LogP contribution is -2.15. The normalized spacial score (nSPS) is 18.1. The smallest absolute Gasteiger partial charge is 0.225 e. The highest BCUT2D eigenvalue weighted by atomic mass is 35.5. The molecule has 0 heterocycles. The van der Waals surface area contributed by atoms with Crippen molar-refractivity contribution in [2.45, 2.75) is 33.1 Å². The van der Waals surface area contributed by atoms with Crippen molar-refractivity contribution < 1.29 is 4.79 Å². The average molecular weight is 264 g/mol. The van der Waals surface area contributed by atoms with Gasteiger partial charge in [0, 0.05) is 6.42 Å². The Morgan fingerprint density at radius 3 is 2.83 bits per heavy atom. The molecule has 0 bridgehead atoms. The third-order valence-electron chi connectivity index (χ3n) is 3.26. The summed E-state index contributed by atoms with van der Waals surface area (Å²) in [7, 11) is 0. The van der Waals surface area contributed by atoms with Crippen molar-refractivity contribution in [3.8, 4) is 0 Å². The Bertz CT molecular complexity index is 470. The van der Waals surface area contributed by atoms with Gasteiger partial charge in [0.1, 0.15) is 0 Å². The molecule has 1 N–H and O–H groups in total. The molecule has 2 rings (SSSR count). The number of nitrogens with one attached hydrogen (secondary N) is 1. The Morgan fingerprint density at radius 2 is 2.22 bits per heavy atom. The second-order valence-corrected chi connectivity index (χ2v) is 5.36. The molecular formula is C15H18ClNO. The Kier molecular flexibility index (Phi) is 4.07. The zero-order chi connectivity index (χ0) is 13.1. The summed E-state index contributed by atoms with van der Waals surface area (Å²) in [6.07, 6.45) is 6.97. The maximum Gasteiger partial charge on any atom is 0.225 e. The number of aryl methyl sites for hydroxylation is 2. The van der Waals surface area contributed by atoms with Crippen LogP contribution in [0.3, 0.4) is 0 Å². The maximum atomic E-state index is 12.0. The molecule has 0 saturated heterocycles. The third-order valence-corrected chi connectivity index (χ3v) is 3.55. The van der Waals surface area contributed by atoms with Crippen molar-refractivity contribution in [1.82, 2.24) is 0 Å². The van der Waals surface area contributed by atoms with E-state index in [1.165, 1.54) is 0 Å². The van der Waals surface area contributed by atoms with Gasteiger partial charge in [-0.05, 0) is 49.8 Å². The number of anilines is 1. The number of allylic oxidation sites excluding steroid dienone is 2. The molecule has 1 aliphatic rings. The highest BCUT2D eigenvalue weighted by Crippen LogP contribution is 2.28. The molecule has 1 aliphatic carbocycles. The van der Waals surface area contributed by atoms with Crippen LogP contribution in [-0.4, -0.2) is 5.91 Å². The molecule has 0 unspecified atom stereocenters. The molecule has 1 atom stereocenters. The number of amides is 1. The van der Waals surface area contributed by atoms with Crippen molar-refractivity contribution in [3.05, 3.63) is 40.4 Å². The van der Waals surface area contributed by atoms with E-state index in [-0.39, 0.29) is 5.91 Å². The topological polar surface area (TPSA) is 29.1 Å². The van der Waals surface area contributed by atoms with Crippen LogP contribution in [-0.2, 0) is 4.79 Å². The molecule has 3 heteroatoms. The molecule has 96 valence electrons. The van der Waals surface area contributed by atoms with Gasteiger partial charge >= 0.3 is 0 Å². The summed E-state index contributed by atoms with van der Waals surface area (Å²) in [5.41, 5.74) is 2.86. The SMILES string of the molecule is Cc1cc(C)c(NC(=O)C[C@@H]2C=CCC2)c(Cl)c1. The number of hydrogen-bond donors (Lipinski definition) is 1. The van der Waals surface area contributed by atoms with Crippen molar-refractivity contribution >= 4 is 23.2 Å². The molecule has 2 nitrogen and oxygen atoms in total. The Morgan fingerprint density at radius 1 is 1.44 bits per heavy atom. The van der Waals surface area contributed by atoms with Gasteiger partial charge in [-0.2, -0.15) is 0 Å². The van der Waals surface area contributed by atoms with Gasteiger partial charge in [0.15, 0.2) is 0 Å². The molecule has 0 spiro atoms. The Labute approximate surface area is 113 Å². The predicted molar refractivity (Wildman–Crippen MR) is 76.0 cm³/mol. The van der Waals surface area contributed by atoms with Crippen molar-refractivity contribution in [1.29, 1.82) is 0 Å². The van der Waals surface area contributed by atoms with Gasteiger partial charge in [0.2, 0.25) is 5.91 Å². The third kappa shape index (κ3) is 3.14. The number of halogens is 1. The number of benzene rings is 1. The van der Waals surface area contributed by atoms with E-state index >= 15 is 0 Å². The van der Waals surface area contributed by atoms with Gasteiger partial charge in [0.25, 0.3) is 0 Å². The highest BCUT2D eigenvalue weighted by Gasteiger charge is 2.15. The lowest BCUT2D eigenvalue weighted by molar-refractivity contribution is -0.116. The lowest BCUT2D eigenvalue weighted by atomic mass is 10.0. The van der Waals surface area contributed by atoms with E-state index in [0.717, 1.165) is 29.7 Å². The van der Waals surface area contributed by atoms with E-state index in [4.69, 9.17) is 11.6 Å². The number of hydrogen-bond acceptors (Lipinski definition) is 1. The van der Waals surface area contributed by atoms with E-state index < -0.39 is 0 Å². The maximum absolute atomic E-state index is 12.0. The molecule has 0 aromatic heterocycles. The zero-order valence-electron chi connectivity index (χ0n) is 10.8. The minimum Gasteiger partial charge on any atom is -0.325 e. The first-order valence-electron chi connectivity index (χ1n) is 6.29. The van der Waals surface area contributed by atoms with Crippen molar-refractivity contribution in [2.75, 3.05) is 5.32 Å². The summed E-state index contributed by atoms with van der Waals surface area (Å²) < 4.78 is 0. The van der Waals surface area contributed by atoms with Gasteiger partial charge in [0.05, 0.1) is 10.7 Å². The number of carbonyl (C=O) groups excluding carboxylic acids is 1. The van der Waals surface area contributed by atoms with Crippen LogP contribution >= 0.6 is 11.6 Å². The second kappa shape index (κ2) is 5.57. The zero-order valence-corrected chi connectivity index (χ0v) is 11.6. The molecule has 0 radical (unpaired) electrons. The van der Waals surface area contributed by atoms with E-state index in [2.05, 4.69) is 17.5 Å². The molecule has 1 aromatic carbocycles. The number of carbonyl (C=O) groups is 1. The average Bonchev–Trinajstić information content (AvgIpc) is 2.76. The first-order valence-corrected chi connectivity index (χ1v) is 6.67. The fourth-order valence-electron chi connectivity index (χ4n) is 2.37. The molecule has 0 saturated carbocycles. The summed E-state index contributed by atoms with van der Waals surface area (Å²) in [4.78, 5) is 12.0. The van der Waals surface area contributed by atoms with Gasteiger partial charge in [-0.25, -0.2) is 0 Å². The highest BCUT2D eigenvalue weighted by molar-refractivity contribution is 6.34. The molecular weight excluding hydrogens is 246 g/mol. The fraction of sp³-hybridized carbons (Fsp3) is 0.400. The molecule has 0 aliphatic heterocycles. The lowest BCUT2D eigenvalue weighted by Gasteiger charge is -2.13. The van der Waals surface area contributed by atoms with E-state index in [1.807, 2.05) is 26.0 Å².